The van der Waals surface area contributed by atoms with Gasteiger partial charge in [-0.2, -0.15) is 0 Å². The molecule has 0 spiro atoms. The first kappa shape index (κ1) is 11.9. The minimum atomic E-state index is -0.0596. The highest BCUT2D eigenvalue weighted by Crippen LogP contribution is 2.23. The zero-order valence-corrected chi connectivity index (χ0v) is 10.2. The largest absolute Gasteiger partial charge is 0.461 e. The molecule has 1 N–H and O–H groups in total. The first-order chi connectivity index (χ1) is 7.77. The highest BCUT2D eigenvalue weighted by Gasteiger charge is 2.30. The third-order valence-electron chi connectivity index (χ3n) is 3.86. The van der Waals surface area contributed by atoms with Crippen LogP contribution in [0.15, 0.2) is 0 Å². The summed E-state index contributed by atoms with van der Waals surface area (Å²) in [4.78, 5) is 12.0. The zero-order chi connectivity index (χ0) is 11.4. The van der Waals surface area contributed by atoms with Gasteiger partial charge in [0.15, 0.2) is 0 Å². The van der Waals surface area contributed by atoms with Gasteiger partial charge in [-0.3, -0.25) is 4.79 Å². The summed E-state index contributed by atoms with van der Waals surface area (Å²) in [6, 6.07) is -0.0596. The van der Waals surface area contributed by atoms with Gasteiger partial charge in [-0.1, -0.05) is 13.3 Å². The number of ether oxygens (including phenoxy) is 1. The van der Waals surface area contributed by atoms with Gasteiger partial charge in [0.1, 0.15) is 12.1 Å². The van der Waals surface area contributed by atoms with E-state index >= 15 is 0 Å². The van der Waals surface area contributed by atoms with Gasteiger partial charge in [0.25, 0.3) is 0 Å². The van der Waals surface area contributed by atoms with Crippen LogP contribution in [0.3, 0.4) is 0 Å². The Morgan fingerprint density at radius 2 is 1.88 bits per heavy atom. The standard InChI is InChI=1S/C13H23NO2/c1-10-6-5-9-14-12(10)13(15)16-11-7-3-2-4-8-11/h10-12,14H,2-9H2,1H3. The summed E-state index contributed by atoms with van der Waals surface area (Å²) in [5, 5.41) is 3.28. The van der Waals surface area contributed by atoms with Gasteiger partial charge in [0.05, 0.1) is 0 Å². The fourth-order valence-electron chi connectivity index (χ4n) is 2.79. The zero-order valence-electron chi connectivity index (χ0n) is 10.2. The summed E-state index contributed by atoms with van der Waals surface area (Å²) in [7, 11) is 0. The van der Waals surface area contributed by atoms with E-state index in [2.05, 4.69) is 12.2 Å². The summed E-state index contributed by atoms with van der Waals surface area (Å²) in [5.74, 6) is 0.406. The molecule has 1 heterocycles. The van der Waals surface area contributed by atoms with Gasteiger partial charge in [-0.05, 0) is 51.0 Å². The lowest BCUT2D eigenvalue weighted by Crippen LogP contribution is -2.47. The molecule has 1 saturated carbocycles. The minimum Gasteiger partial charge on any atom is -0.461 e. The Labute approximate surface area is 97.9 Å². The van der Waals surface area contributed by atoms with Crippen molar-refractivity contribution in [2.24, 2.45) is 5.92 Å². The van der Waals surface area contributed by atoms with Crippen LogP contribution in [-0.4, -0.2) is 24.7 Å². The summed E-state index contributed by atoms with van der Waals surface area (Å²) in [5.41, 5.74) is 0. The molecular weight excluding hydrogens is 202 g/mol. The maximum absolute atomic E-state index is 12.0. The lowest BCUT2D eigenvalue weighted by Gasteiger charge is -2.30. The van der Waals surface area contributed by atoms with Crippen molar-refractivity contribution >= 4 is 5.97 Å². The Bertz CT molecular complexity index is 236. The normalized spacial score (nSPS) is 32.3. The molecule has 0 aromatic rings. The number of carbonyl (C=O) groups excluding carboxylic acids is 1. The average Bonchev–Trinajstić information content (AvgIpc) is 2.31. The van der Waals surface area contributed by atoms with Gasteiger partial charge in [0, 0.05) is 0 Å². The Balaban J connectivity index is 1.81. The van der Waals surface area contributed by atoms with Crippen LogP contribution >= 0.6 is 0 Å². The van der Waals surface area contributed by atoms with Crippen LogP contribution in [0.25, 0.3) is 0 Å². The molecule has 2 unspecified atom stereocenters. The molecule has 3 heteroatoms. The maximum atomic E-state index is 12.0. The van der Waals surface area contributed by atoms with E-state index in [9.17, 15) is 4.79 Å². The van der Waals surface area contributed by atoms with Crippen molar-refractivity contribution in [1.29, 1.82) is 0 Å². The molecule has 92 valence electrons. The van der Waals surface area contributed by atoms with E-state index in [-0.39, 0.29) is 18.1 Å². The topological polar surface area (TPSA) is 38.3 Å². The molecule has 0 radical (unpaired) electrons. The molecule has 16 heavy (non-hydrogen) atoms. The Morgan fingerprint density at radius 3 is 2.56 bits per heavy atom. The molecule has 0 bridgehead atoms. The molecule has 2 aliphatic rings. The lowest BCUT2D eigenvalue weighted by molar-refractivity contribution is -0.155. The quantitative estimate of drug-likeness (QED) is 0.733. The number of hydrogen-bond acceptors (Lipinski definition) is 3. The number of carbonyl (C=O) groups is 1. The molecule has 1 aliphatic heterocycles. The number of nitrogens with one attached hydrogen (secondary N) is 1. The monoisotopic (exact) mass is 225 g/mol. The van der Waals surface area contributed by atoms with E-state index in [1.165, 1.54) is 25.7 Å². The van der Waals surface area contributed by atoms with Crippen molar-refractivity contribution in [2.45, 2.75) is 64.0 Å². The fourth-order valence-corrected chi connectivity index (χ4v) is 2.79. The van der Waals surface area contributed by atoms with Crippen LogP contribution in [0.5, 0.6) is 0 Å². The minimum absolute atomic E-state index is 0.0147. The summed E-state index contributed by atoms with van der Waals surface area (Å²) < 4.78 is 5.60. The molecule has 0 aromatic heterocycles. The summed E-state index contributed by atoms with van der Waals surface area (Å²) >= 11 is 0. The first-order valence-electron chi connectivity index (χ1n) is 6.71. The molecule has 1 saturated heterocycles. The molecule has 0 aromatic carbocycles. The van der Waals surface area contributed by atoms with Crippen molar-refractivity contribution in [1.82, 2.24) is 5.32 Å². The fraction of sp³-hybridized carbons (Fsp3) is 0.923. The van der Waals surface area contributed by atoms with Gasteiger partial charge < -0.3 is 10.1 Å². The van der Waals surface area contributed by atoms with Gasteiger partial charge in [0.2, 0.25) is 0 Å². The van der Waals surface area contributed by atoms with E-state index in [0.717, 1.165) is 25.8 Å². The summed E-state index contributed by atoms with van der Waals surface area (Å²) in [6.45, 7) is 3.09. The van der Waals surface area contributed by atoms with E-state index in [4.69, 9.17) is 4.74 Å². The van der Waals surface area contributed by atoms with E-state index in [0.29, 0.717) is 5.92 Å². The second-order valence-corrected chi connectivity index (χ2v) is 5.25. The van der Waals surface area contributed by atoms with Gasteiger partial charge in [-0.15, -0.1) is 0 Å². The Kier molecular flexibility index (Phi) is 4.22. The van der Waals surface area contributed by atoms with Crippen molar-refractivity contribution < 1.29 is 9.53 Å². The second-order valence-electron chi connectivity index (χ2n) is 5.25. The van der Waals surface area contributed by atoms with Crippen LogP contribution in [0.4, 0.5) is 0 Å². The maximum Gasteiger partial charge on any atom is 0.323 e. The predicted octanol–water partition coefficient (Wildman–Crippen LogP) is 2.25. The Hall–Kier alpha value is -0.570. The number of hydrogen-bond donors (Lipinski definition) is 1. The molecule has 2 fully saturated rings. The highest BCUT2D eigenvalue weighted by molar-refractivity contribution is 5.76. The van der Waals surface area contributed by atoms with Crippen LogP contribution < -0.4 is 5.32 Å². The van der Waals surface area contributed by atoms with Crippen molar-refractivity contribution in [3.05, 3.63) is 0 Å². The lowest BCUT2D eigenvalue weighted by atomic mass is 9.92. The number of rotatable bonds is 2. The number of esters is 1. The SMILES string of the molecule is CC1CCCNC1C(=O)OC1CCCCC1. The number of piperidine rings is 1. The van der Waals surface area contributed by atoms with Crippen LogP contribution in [0.1, 0.15) is 51.9 Å². The smallest absolute Gasteiger partial charge is 0.323 e. The molecule has 2 rings (SSSR count). The van der Waals surface area contributed by atoms with Crippen LogP contribution in [-0.2, 0) is 9.53 Å². The average molecular weight is 225 g/mol. The highest BCUT2D eigenvalue weighted by atomic mass is 16.5. The van der Waals surface area contributed by atoms with Crippen LogP contribution in [0, 0.1) is 5.92 Å². The van der Waals surface area contributed by atoms with E-state index in [1.54, 1.807) is 0 Å². The predicted molar refractivity (Wildman–Crippen MR) is 63.2 cm³/mol. The van der Waals surface area contributed by atoms with Crippen LogP contribution in [0.2, 0.25) is 0 Å². The van der Waals surface area contributed by atoms with E-state index in [1.807, 2.05) is 0 Å². The van der Waals surface area contributed by atoms with Gasteiger partial charge >= 0.3 is 5.97 Å². The first-order valence-corrected chi connectivity index (χ1v) is 6.71. The summed E-state index contributed by atoms with van der Waals surface area (Å²) in [6.07, 6.45) is 8.35. The third-order valence-corrected chi connectivity index (χ3v) is 3.86. The molecular formula is C13H23NO2. The molecule has 1 aliphatic carbocycles. The van der Waals surface area contributed by atoms with Gasteiger partial charge in [-0.25, -0.2) is 0 Å². The molecule has 2 atom stereocenters. The van der Waals surface area contributed by atoms with Crippen molar-refractivity contribution in [2.75, 3.05) is 6.54 Å². The van der Waals surface area contributed by atoms with Crippen molar-refractivity contribution in [3.8, 4) is 0 Å². The molecule has 0 amide bonds. The Morgan fingerprint density at radius 1 is 1.12 bits per heavy atom. The van der Waals surface area contributed by atoms with Crippen molar-refractivity contribution in [3.63, 3.8) is 0 Å². The second kappa shape index (κ2) is 5.67. The third kappa shape index (κ3) is 2.97. The van der Waals surface area contributed by atoms with E-state index < -0.39 is 0 Å². The molecule has 3 nitrogen and oxygen atoms in total.